The van der Waals surface area contributed by atoms with Crippen molar-refractivity contribution in [3.63, 3.8) is 0 Å². The van der Waals surface area contributed by atoms with E-state index >= 15 is 0 Å². The molecule has 1 aromatic heterocycles. The topological polar surface area (TPSA) is 25.8 Å². The second kappa shape index (κ2) is 7.16. The maximum Gasteiger partial charge on any atom is 0.160 e. The fraction of sp³-hybridized carbons (Fsp3) is 0.0909. The summed E-state index contributed by atoms with van der Waals surface area (Å²) >= 11 is 3.54. The molecule has 25 heavy (non-hydrogen) atoms. The predicted octanol–water partition coefficient (Wildman–Crippen LogP) is 6.31. The standard InChI is InChI=1S/C22H17BrN2/c23-19-13-7-12-18(14-19)22-24-20(16-8-3-1-4-9-16)15-21(25-22)17-10-5-2-6-11-17/h1,3-5,7-15H,2,6H2. The number of benzene rings is 2. The molecule has 0 N–H and O–H groups in total. The van der Waals surface area contributed by atoms with Gasteiger partial charge in [-0.1, -0.05) is 76.6 Å². The minimum atomic E-state index is 0.748. The van der Waals surface area contributed by atoms with Gasteiger partial charge in [0.25, 0.3) is 0 Å². The summed E-state index contributed by atoms with van der Waals surface area (Å²) in [5.74, 6) is 0.748. The van der Waals surface area contributed by atoms with Gasteiger partial charge < -0.3 is 0 Å². The van der Waals surface area contributed by atoms with Crippen LogP contribution in [0, 0.1) is 0 Å². The van der Waals surface area contributed by atoms with Crippen LogP contribution in [0.1, 0.15) is 18.5 Å². The summed E-state index contributed by atoms with van der Waals surface area (Å²) in [5, 5.41) is 0. The molecule has 2 aromatic carbocycles. The number of hydrogen-bond donors (Lipinski definition) is 0. The molecular weight excluding hydrogens is 372 g/mol. The molecule has 3 aromatic rings. The van der Waals surface area contributed by atoms with Gasteiger partial charge in [-0.05, 0) is 36.6 Å². The smallest absolute Gasteiger partial charge is 0.160 e. The zero-order chi connectivity index (χ0) is 17.1. The minimum Gasteiger partial charge on any atom is -0.228 e. The van der Waals surface area contributed by atoms with E-state index in [2.05, 4.69) is 58.4 Å². The number of hydrogen-bond acceptors (Lipinski definition) is 2. The molecule has 0 saturated carbocycles. The highest BCUT2D eigenvalue weighted by atomic mass is 79.9. The van der Waals surface area contributed by atoms with Gasteiger partial charge in [-0.15, -0.1) is 0 Å². The lowest BCUT2D eigenvalue weighted by atomic mass is 10.0. The van der Waals surface area contributed by atoms with Gasteiger partial charge in [0.1, 0.15) is 0 Å². The summed E-state index contributed by atoms with van der Waals surface area (Å²) in [6.07, 6.45) is 8.77. The highest BCUT2D eigenvalue weighted by Crippen LogP contribution is 2.28. The predicted molar refractivity (Wildman–Crippen MR) is 107 cm³/mol. The summed E-state index contributed by atoms with van der Waals surface area (Å²) in [6, 6.07) is 20.5. The first kappa shape index (κ1) is 16.0. The molecule has 0 fully saturated rings. The van der Waals surface area contributed by atoms with Crippen molar-refractivity contribution in [2.75, 3.05) is 0 Å². The molecule has 0 bridgehead atoms. The van der Waals surface area contributed by atoms with Crippen LogP contribution in [0.15, 0.2) is 83.4 Å². The van der Waals surface area contributed by atoms with Crippen molar-refractivity contribution < 1.29 is 0 Å². The Morgan fingerprint density at radius 1 is 0.760 bits per heavy atom. The Hall–Kier alpha value is -2.52. The van der Waals surface area contributed by atoms with Crippen molar-refractivity contribution in [2.24, 2.45) is 0 Å². The van der Waals surface area contributed by atoms with Crippen molar-refractivity contribution in [3.05, 3.63) is 89.1 Å². The molecule has 0 unspecified atom stereocenters. The van der Waals surface area contributed by atoms with E-state index in [-0.39, 0.29) is 0 Å². The van der Waals surface area contributed by atoms with Gasteiger partial charge in [0.15, 0.2) is 5.82 Å². The van der Waals surface area contributed by atoms with Crippen LogP contribution in [0.2, 0.25) is 0 Å². The average molecular weight is 389 g/mol. The van der Waals surface area contributed by atoms with Crippen molar-refractivity contribution in [3.8, 4) is 22.6 Å². The fourth-order valence-corrected chi connectivity index (χ4v) is 3.31. The molecule has 1 heterocycles. The van der Waals surface area contributed by atoms with E-state index in [0.29, 0.717) is 0 Å². The number of nitrogens with zero attached hydrogens (tertiary/aromatic N) is 2. The molecule has 0 spiro atoms. The van der Waals surface area contributed by atoms with Crippen LogP contribution in [0.5, 0.6) is 0 Å². The summed E-state index contributed by atoms with van der Waals surface area (Å²) < 4.78 is 1.03. The molecular formula is C22H17BrN2. The average Bonchev–Trinajstić information content (AvgIpc) is 2.69. The summed E-state index contributed by atoms with van der Waals surface area (Å²) in [4.78, 5) is 9.67. The van der Waals surface area contributed by atoms with E-state index in [1.54, 1.807) is 0 Å². The summed E-state index contributed by atoms with van der Waals surface area (Å²) in [5.41, 5.74) is 5.19. The number of rotatable bonds is 3. The normalized spacial score (nSPS) is 13.6. The fourth-order valence-electron chi connectivity index (χ4n) is 2.91. The second-order valence-corrected chi connectivity index (χ2v) is 6.89. The number of aromatic nitrogens is 2. The van der Waals surface area contributed by atoms with Crippen LogP contribution in [0.4, 0.5) is 0 Å². The van der Waals surface area contributed by atoms with Gasteiger partial charge in [0, 0.05) is 15.6 Å². The van der Waals surface area contributed by atoms with E-state index in [0.717, 1.165) is 45.7 Å². The molecule has 1 aliphatic rings. The maximum absolute atomic E-state index is 4.84. The molecule has 4 rings (SSSR count). The molecule has 0 atom stereocenters. The monoisotopic (exact) mass is 388 g/mol. The lowest BCUT2D eigenvalue weighted by molar-refractivity contribution is 1.03. The lowest BCUT2D eigenvalue weighted by Crippen LogP contribution is -1.98. The Bertz CT molecular complexity index is 959. The largest absolute Gasteiger partial charge is 0.228 e. The van der Waals surface area contributed by atoms with E-state index in [1.807, 2.05) is 36.4 Å². The zero-order valence-corrected chi connectivity index (χ0v) is 15.3. The number of allylic oxidation sites excluding steroid dienone is 4. The summed E-state index contributed by atoms with van der Waals surface area (Å²) in [7, 11) is 0. The van der Waals surface area contributed by atoms with Gasteiger partial charge in [-0.3, -0.25) is 0 Å². The molecule has 1 aliphatic carbocycles. The van der Waals surface area contributed by atoms with Gasteiger partial charge in [-0.2, -0.15) is 0 Å². The second-order valence-electron chi connectivity index (χ2n) is 5.98. The Kier molecular flexibility index (Phi) is 4.57. The van der Waals surface area contributed by atoms with Gasteiger partial charge in [0.05, 0.1) is 11.4 Å². The SMILES string of the molecule is Brc1cccc(-c2nc(C3=CCCC=C3)cc(-c3ccccc3)n2)c1. The van der Waals surface area contributed by atoms with Crippen LogP contribution in [0.25, 0.3) is 28.2 Å². The van der Waals surface area contributed by atoms with Gasteiger partial charge >= 0.3 is 0 Å². The quantitative estimate of drug-likeness (QED) is 0.525. The molecule has 0 amide bonds. The van der Waals surface area contributed by atoms with Crippen LogP contribution in [-0.2, 0) is 0 Å². The highest BCUT2D eigenvalue weighted by Gasteiger charge is 2.11. The third-order valence-electron chi connectivity index (χ3n) is 4.17. The Labute approximate surface area is 156 Å². The Balaban J connectivity index is 1.89. The molecule has 3 heteroatoms. The third-order valence-corrected chi connectivity index (χ3v) is 4.66. The van der Waals surface area contributed by atoms with Crippen molar-refractivity contribution in [1.82, 2.24) is 9.97 Å². The van der Waals surface area contributed by atoms with E-state index in [4.69, 9.17) is 9.97 Å². The molecule has 2 nitrogen and oxygen atoms in total. The van der Waals surface area contributed by atoms with Gasteiger partial charge in [0.2, 0.25) is 0 Å². The van der Waals surface area contributed by atoms with E-state index in [9.17, 15) is 0 Å². The van der Waals surface area contributed by atoms with Crippen molar-refractivity contribution in [1.29, 1.82) is 0 Å². The number of halogens is 1. The van der Waals surface area contributed by atoms with Crippen LogP contribution in [-0.4, -0.2) is 9.97 Å². The molecule has 122 valence electrons. The first-order chi connectivity index (χ1) is 12.3. The van der Waals surface area contributed by atoms with E-state index < -0.39 is 0 Å². The van der Waals surface area contributed by atoms with Crippen LogP contribution >= 0.6 is 15.9 Å². The summed E-state index contributed by atoms with van der Waals surface area (Å²) in [6.45, 7) is 0. The highest BCUT2D eigenvalue weighted by molar-refractivity contribution is 9.10. The first-order valence-corrected chi connectivity index (χ1v) is 9.16. The Morgan fingerprint density at radius 3 is 2.32 bits per heavy atom. The lowest BCUT2D eigenvalue weighted by Gasteiger charge is -2.11. The Morgan fingerprint density at radius 2 is 1.56 bits per heavy atom. The molecule has 0 radical (unpaired) electrons. The first-order valence-electron chi connectivity index (χ1n) is 8.37. The van der Waals surface area contributed by atoms with Crippen LogP contribution in [0.3, 0.4) is 0 Å². The zero-order valence-electron chi connectivity index (χ0n) is 13.7. The maximum atomic E-state index is 4.84. The van der Waals surface area contributed by atoms with Crippen LogP contribution < -0.4 is 0 Å². The minimum absolute atomic E-state index is 0.748. The van der Waals surface area contributed by atoms with E-state index in [1.165, 1.54) is 5.57 Å². The van der Waals surface area contributed by atoms with Gasteiger partial charge in [-0.25, -0.2) is 9.97 Å². The third kappa shape index (κ3) is 3.62. The van der Waals surface area contributed by atoms with Crippen molar-refractivity contribution >= 4 is 21.5 Å². The van der Waals surface area contributed by atoms with Crippen molar-refractivity contribution in [2.45, 2.75) is 12.8 Å². The molecule has 0 aliphatic heterocycles. The molecule has 0 saturated heterocycles.